The van der Waals surface area contributed by atoms with Crippen LogP contribution < -0.4 is 9.64 Å². The van der Waals surface area contributed by atoms with E-state index in [0.29, 0.717) is 17.3 Å². The van der Waals surface area contributed by atoms with Gasteiger partial charge in [0.1, 0.15) is 5.75 Å². The Balaban J connectivity index is 1.47. The van der Waals surface area contributed by atoms with Crippen molar-refractivity contribution in [3.05, 3.63) is 95.0 Å². The number of hydrogen-bond donors (Lipinski definition) is 0. The average Bonchev–Trinajstić information content (AvgIpc) is 3.37. The summed E-state index contributed by atoms with van der Waals surface area (Å²) in [5.74, 6) is 0.666. The lowest BCUT2D eigenvalue weighted by Crippen LogP contribution is -2.23. The van der Waals surface area contributed by atoms with E-state index in [1.165, 1.54) is 0 Å². The van der Waals surface area contributed by atoms with E-state index in [9.17, 15) is 4.79 Å². The van der Waals surface area contributed by atoms with Gasteiger partial charge in [-0.15, -0.1) is 0 Å². The second-order valence-corrected chi connectivity index (χ2v) is 7.99. The summed E-state index contributed by atoms with van der Waals surface area (Å²) in [6.45, 7) is 2.47. The SMILES string of the molecule is COc1cc(N2Cc3ccc(-c4ccc(Cl)cc4)cc3C2=O)ccc1-n1cnc(C)c1. The fourth-order valence-electron chi connectivity index (χ4n) is 3.93. The summed E-state index contributed by atoms with van der Waals surface area (Å²) in [4.78, 5) is 19.3. The molecule has 4 aromatic rings. The van der Waals surface area contributed by atoms with E-state index in [4.69, 9.17) is 16.3 Å². The second kappa shape index (κ2) is 7.60. The summed E-state index contributed by atoms with van der Waals surface area (Å²) in [6, 6.07) is 19.4. The Bertz CT molecular complexity index is 1290. The van der Waals surface area contributed by atoms with Crippen LogP contribution in [0.25, 0.3) is 16.8 Å². The fourth-order valence-corrected chi connectivity index (χ4v) is 4.06. The molecule has 0 N–H and O–H groups in total. The number of benzene rings is 3. The highest BCUT2D eigenvalue weighted by molar-refractivity contribution is 6.30. The van der Waals surface area contributed by atoms with Crippen molar-refractivity contribution in [2.45, 2.75) is 13.5 Å². The lowest BCUT2D eigenvalue weighted by atomic mass is 10.0. The molecule has 5 nitrogen and oxygen atoms in total. The first-order valence-electron chi connectivity index (χ1n) is 9.93. The lowest BCUT2D eigenvalue weighted by molar-refractivity contribution is 0.0996. The van der Waals surface area contributed by atoms with Gasteiger partial charge in [-0.2, -0.15) is 0 Å². The van der Waals surface area contributed by atoms with E-state index in [2.05, 4.69) is 4.98 Å². The number of carbonyl (C=O) groups is 1. The Kier molecular flexibility index (Phi) is 4.75. The number of halogens is 1. The number of aryl methyl sites for hydroxylation is 1. The summed E-state index contributed by atoms with van der Waals surface area (Å²) in [6.07, 6.45) is 3.69. The van der Waals surface area contributed by atoms with E-state index >= 15 is 0 Å². The van der Waals surface area contributed by atoms with Crippen molar-refractivity contribution in [1.29, 1.82) is 0 Å². The number of methoxy groups -OCH3 is 1. The number of rotatable bonds is 4. The van der Waals surface area contributed by atoms with Crippen LogP contribution in [0, 0.1) is 6.92 Å². The summed E-state index contributed by atoms with van der Waals surface area (Å²) in [7, 11) is 1.63. The molecule has 0 saturated heterocycles. The Labute approximate surface area is 185 Å². The van der Waals surface area contributed by atoms with E-state index in [1.807, 2.05) is 78.4 Å². The van der Waals surface area contributed by atoms with E-state index in [1.54, 1.807) is 18.3 Å². The number of carbonyl (C=O) groups excluding carboxylic acids is 1. The largest absolute Gasteiger partial charge is 0.494 e. The Morgan fingerprint density at radius 2 is 1.77 bits per heavy atom. The molecule has 0 radical (unpaired) electrons. The average molecular weight is 430 g/mol. The zero-order chi connectivity index (χ0) is 21.5. The molecule has 2 heterocycles. The van der Waals surface area contributed by atoms with Crippen molar-refractivity contribution < 1.29 is 9.53 Å². The zero-order valence-electron chi connectivity index (χ0n) is 17.2. The molecule has 31 heavy (non-hydrogen) atoms. The van der Waals surface area contributed by atoms with Crippen LogP contribution in [-0.2, 0) is 6.54 Å². The second-order valence-electron chi connectivity index (χ2n) is 7.55. The lowest BCUT2D eigenvalue weighted by Gasteiger charge is -2.18. The Morgan fingerprint density at radius 1 is 1.00 bits per heavy atom. The van der Waals surface area contributed by atoms with Crippen LogP contribution in [0.1, 0.15) is 21.6 Å². The van der Waals surface area contributed by atoms with Gasteiger partial charge in [0.15, 0.2) is 0 Å². The zero-order valence-corrected chi connectivity index (χ0v) is 17.9. The number of imidazole rings is 1. The predicted molar refractivity (Wildman–Crippen MR) is 122 cm³/mol. The minimum Gasteiger partial charge on any atom is -0.494 e. The molecule has 0 atom stereocenters. The molecule has 0 bridgehead atoms. The predicted octanol–water partition coefficient (Wildman–Crippen LogP) is 5.67. The smallest absolute Gasteiger partial charge is 0.258 e. The van der Waals surface area contributed by atoms with Gasteiger partial charge in [0, 0.05) is 28.5 Å². The molecule has 0 saturated carbocycles. The number of hydrogen-bond acceptors (Lipinski definition) is 3. The van der Waals surface area contributed by atoms with Crippen LogP contribution in [0.4, 0.5) is 5.69 Å². The van der Waals surface area contributed by atoms with E-state index in [-0.39, 0.29) is 5.91 Å². The number of ether oxygens (including phenoxy) is 1. The van der Waals surface area contributed by atoms with Crippen molar-refractivity contribution in [3.8, 4) is 22.6 Å². The van der Waals surface area contributed by atoms with Crippen molar-refractivity contribution >= 4 is 23.2 Å². The van der Waals surface area contributed by atoms with Gasteiger partial charge in [-0.05, 0) is 53.9 Å². The van der Waals surface area contributed by atoms with E-state index in [0.717, 1.165) is 39.3 Å². The topological polar surface area (TPSA) is 47.4 Å². The molecule has 3 aromatic carbocycles. The normalized spacial score (nSPS) is 12.9. The molecule has 0 unspecified atom stereocenters. The molecule has 1 amide bonds. The molecule has 0 spiro atoms. The number of fused-ring (bicyclic) bond motifs is 1. The van der Waals surface area contributed by atoms with E-state index < -0.39 is 0 Å². The molecular formula is C25H20ClN3O2. The Morgan fingerprint density at radius 3 is 2.48 bits per heavy atom. The van der Waals surface area contributed by atoms with Gasteiger partial charge in [0.25, 0.3) is 5.91 Å². The van der Waals surface area contributed by atoms with Gasteiger partial charge in [-0.25, -0.2) is 4.98 Å². The Hall–Kier alpha value is -3.57. The third-order valence-electron chi connectivity index (χ3n) is 5.56. The van der Waals surface area contributed by atoms with Gasteiger partial charge >= 0.3 is 0 Å². The number of amides is 1. The molecule has 0 fully saturated rings. The minimum atomic E-state index is -0.0147. The molecule has 1 aromatic heterocycles. The molecular weight excluding hydrogens is 410 g/mol. The molecule has 0 aliphatic carbocycles. The van der Waals surface area contributed by atoms with Gasteiger partial charge in [-0.1, -0.05) is 35.9 Å². The number of anilines is 1. The molecule has 154 valence electrons. The quantitative estimate of drug-likeness (QED) is 0.420. The minimum absolute atomic E-state index is 0.0147. The monoisotopic (exact) mass is 429 g/mol. The van der Waals surface area contributed by atoms with Crippen LogP contribution in [0.2, 0.25) is 5.02 Å². The summed E-state index contributed by atoms with van der Waals surface area (Å²) < 4.78 is 7.52. The highest BCUT2D eigenvalue weighted by Gasteiger charge is 2.29. The summed E-state index contributed by atoms with van der Waals surface area (Å²) in [5.41, 5.74) is 6.35. The standard InChI is InChI=1S/C25H20ClN3O2/c1-16-13-28(15-27-16)23-10-9-21(12-24(23)31-2)29-14-19-4-3-18(11-22(19)25(29)30)17-5-7-20(26)8-6-17/h3-13,15H,14H2,1-2H3. The van der Waals surface area contributed by atoms with Crippen LogP contribution in [-0.4, -0.2) is 22.6 Å². The van der Waals surface area contributed by atoms with Crippen molar-refractivity contribution in [2.24, 2.45) is 0 Å². The summed E-state index contributed by atoms with van der Waals surface area (Å²) in [5, 5.41) is 0.690. The van der Waals surface area contributed by atoms with Crippen molar-refractivity contribution in [3.63, 3.8) is 0 Å². The van der Waals surface area contributed by atoms with Crippen molar-refractivity contribution in [1.82, 2.24) is 9.55 Å². The van der Waals surface area contributed by atoms with Crippen LogP contribution in [0.15, 0.2) is 73.2 Å². The number of nitrogens with zero attached hydrogens (tertiary/aromatic N) is 3. The first-order chi connectivity index (χ1) is 15.0. The highest BCUT2D eigenvalue weighted by atomic mass is 35.5. The summed E-state index contributed by atoms with van der Waals surface area (Å²) >= 11 is 6.00. The maximum atomic E-state index is 13.2. The van der Waals surface area contributed by atoms with Crippen molar-refractivity contribution in [2.75, 3.05) is 12.0 Å². The fraction of sp³-hybridized carbons (Fsp3) is 0.120. The van der Waals surface area contributed by atoms with Gasteiger partial charge in [-0.3, -0.25) is 4.79 Å². The van der Waals surface area contributed by atoms with Gasteiger partial charge < -0.3 is 14.2 Å². The van der Waals surface area contributed by atoms with Gasteiger partial charge in [0.2, 0.25) is 0 Å². The molecule has 1 aliphatic heterocycles. The third kappa shape index (κ3) is 3.47. The van der Waals surface area contributed by atoms with Crippen LogP contribution in [0.3, 0.4) is 0 Å². The first kappa shape index (κ1) is 19.4. The van der Waals surface area contributed by atoms with Gasteiger partial charge in [0.05, 0.1) is 31.4 Å². The van der Waals surface area contributed by atoms with Crippen LogP contribution in [0.5, 0.6) is 5.75 Å². The first-order valence-corrected chi connectivity index (χ1v) is 10.3. The highest BCUT2D eigenvalue weighted by Crippen LogP contribution is 2.35. The molecule has 5 rings (SSSR count). The number of aromatic nitrogens is 2. The molecule has 6 heteroatoms. The third-order valence-corrected chi connectivity index (χ3v) is 5.81. The molecule has 1 aliphatic rings. The maximum absolute atomic E-state index is 13.2. The van der Waals surface area contributed by atoms with Crippen LogP contribution >= 0.6 is 11.6 Å². The maximum Gasteiger partial charge on any atom is 0.258 e.